The van der Waals surface area contributed by atoms with Gasteiger partial charge in [0.1, 0.15) is 17.6 Å². The van der Waals surface area contributed by atoms with E-state index < -0.39 is 17.8 Å². The van der Waals surface area contributed by atoms with Crippen molar-refractivity contribution in [2.75, 3.05) is 7.11 Å². The van der Waals surface area contributed by atoms with E-state index in [0.717, 1.165) is 10.9 Å². The molecule has 4 nitrogen and oxygen atoms in total. The molecule has 106 valence electrons. The van der Waals surface area contributed by atoms with Crippen LogP contribution in [0.25, 0.3) is 0 Å². The zero-order valence-corrected chi connectivity index (χ0v) is 11.6. The van der Waals surface area contributed by atoms with E-state index >= 15 is 0 Å². The minimum atomic E-state index is -0.830. The van der Waals surface area contributed by atoms with Crippen LogP contribution in [0, 0.1) is 5.82 Å². The molecule has 1 aromatic carbocycles. The Bertz CT molecular complexity index is 566. The van der Waals surface area contributed by atoms with E-state index in [1.807, 2.05) is 17.5 Å². The number of ether oxygens (including phenoxy) is 1. The SMILES string of the molecule is COC(=O)C(NCc1cccs1)c1cc(O)cc(F)c1. The maximum absolute atomic E-state index is 13.3. The summed E-state index contributed by atoms with van der Waals surface area (Å²) < 4.78 is 18.0. The molecule has 0 saturated carbocycles. The lowest BCUT2D eigenvalue weighted by atomic mass is 10.1. The number of thiophene rings is 1. The van der Waals surface area contributed by atoms with Gasteiger partial charge in [0.25, 0.3) is 0 Å². The molecule has 2 aromatic rings. The molecule has 0 saturated heterocycles. The summed E-state index contributed by atoms with van der Waals surface area (Å²) in [5.41, 5.74) is 0.325. The van der Waals surface area contributed by atoms with Crippen molar-refractivity contribution in [1.29, 1.82) is 0 Å². The third-order valence-corrected chi connectivity index (χ3v) is 3.61. The van der Waals surface area contributed by atoms with E-state index in [4.69, 9.17) is 4.74 Å². The van der Waals surface area contributed by atoms with Crippen molar-refractivity contribution in [1.82, 2.24) is 5.32 Å². The number of hydrogen-bond acceptors (Lipinski definition) is 5. The fourth-order valence-electron chi connectivity index (χ4n) is 1.83. The summed E-state index contributed by atoms with van der Waals surface area (Å²) in [5.74, 6) is -1.37. The van der Waals surface area contributed by atoms with Crippen LogP contribution in [0.3, 0.4) is 0 Å². The molecule has 6 heteroatoms. The Balaban J connectivity index is 2.20. The lowest BCUT2D eigenvalue weighted by Gasteiger charge is -2.16. The summed E-state index contributed by atoms with van der Waals surface area (Å²) in [6, 6.07) is 6.52. The van der Waals surface area contributed by atoms with Crippen LogP contribution >= 0.6 is 11.3 Å². The number of aromatic hydroxyl groups is 1. The van der Waals surface area contributed by atoms with Crippen molar-refractivity contribution in [3.63, 3.8) is 0 Å². The number of carbonyl (C=O) groups excluding carboxylic acids is 1. The molecule has 0 aliphatic rings. The number of hydrogen-bond donors (Lipinski definition) is 2. The van der Waals surface area contributed by atoms with Gasteiger partial charge in [-0.2, -0.15) is 0 Å². The number of benzene rings is 1. The van der Waals surface area contributed by atoms with Gasteiger partial charge in [0.2, 0.25) is 0 Å². The monoisotopic (exact) mass is 295 g/mol. The van der Waals surface area contributed by atoms with E-state index in [-0.39, 0.29) is 5.75 Å². The van der Waals surface area contributed by atoms with Crippen molar-refractivity contribution >= 4 is 17.3 Å². The largest absolute Gasteiger partial charge is 0.508 e. The maximum Gasteiger partial charge on any atom is 0.327 e. The Morgan fingerprint density at radius 3 is 2.90 bits per heavy atom. The molecular formula is C14H14FNO3S. The van der Waals surface area contributed by atoms with Crippen molar-refractivity contribution in [3.05, 3.63) is 52.0 Å². The van der Waals surface area contributed by atoms with Crippen LogP contribution in [-0.2, 0) is 16.1 Å². The Labute approximate surface area is 119 Å². The van der Waals surface area contributed by atoms with E-state index in [2.05, 4.69) is 5.32 Å². The third kappa shape index (κ3) is 3.55. The molecule has 2 rings (SSSR count). The number of rotatable bonds is 5. The zero-order valence-electron chi connectivity index (χ0n) is 10.8. The number of halogens is 1. The standard InChI is InChI=1S/C14H14FNO3S/c1-19-14(18)13(16-8-12-3-2-4-20-12)9-5-10(15)7-11(17)6-9/h2-7,13,16-17H,8H2,1H3. The van der Waals surface area contributed by atoms with Crippen molar-refractivity contribution in [2.45, 2.75) is 12.6 Å². The van der Waals surface area contributed by atoms with Gasteiger partial charge in [-0.25, -0.2) is 9.18 Å². The van der Waals surface area contributed by atoms with Crippen LogP contribution in [0.15, 0.2) is 35.7 Å². The molecule has 0 amide bonds. The number of esters is 1. The second-order valence-corrected chi connectivity index (χ2v) is 5.19. The summed E-state index contributed by atoms with van der Waals surface area (Å²) in [6.07, 6.45) is 0. The van der Waals surface area contributed by atoms with Gasteiger partial charge in [0, 0.05) is 17.5 Å². The van der Waals surface area contributed by atoms with Crippen LogP contribution in [0.4, 0.5) is 4.39 Å². The predicted molar refractivity (Wildman–Crippen MR) is 74.0 cm³/mol. The van der Waals surface area contributed by atoms with Crippen molar-refractivity contribution < 1.29 is 19.0 Å². The number of methoxy groups -OCH3 is 1. The minimum absolute atomic E-state index is 0.230. The van der Waals surface area contributed by atoms with E-state index in [0.29, 0.717) is 12.1 Å². The Hall–Kier alpha value is -1.92. The first kappa shape index (κ1) is 14.5. The highest BCUT2D eigenvalue weighted by Gasteiger charge is 2.22. The Kier molecular flexibility index (Phi) is 4.70. The Morgan fingerprint density at radius 1 is 1.50 bits per heavy atom. The molecule has 2 N–H and O–H groups in total. The highest BCUT2D eigenvalue weighted by Crippen LogP contribution is 2.22. The third-order valence-electron chi connectivity index (χ3n) is 2.74. The van der Waals surface area contributed by atoms with Crippen molar-refractivity contribution in [2.24, 2.45) is 0 Å². The average Bonchev–Trinajstić information content (AvgIpc) is 2.90. The van der Waals surface area contributed by atoms with Gasteiger partial charge in [-0.3, -0.25) is 5.32 Å². The minimum Gasteiger partial charge on any atom is -0.508 e. The molecular weight excluding hydrogens is 281 g/mol. The Morgan fingerprint density at radius 2 is 2.30 bits per heavy atom. The van der Waals surface area contributed by atoms with E-state index in [1.54, 1.807) is 11.3 Å². The van der Waals surface area contributed by atoms with E-state index in [1.165, 1.54) is 19.2 Å². The summed E-state index contributed by atoms with van der Waals surface area (Å²) in [4.78, 5) is 12.9. The van der Waals surface area contributed by atoms with Crippen LogP contribution in [0.1, 0.15) is 16.5 Å². The lowest BCUT2D eigenvalue weighted by molar-refractivity contribution is -0.143. The number of carbonyl (C=O) groups is 1. The smallest absolute Gasteiger partial charge is 0.327 e. The van der Waals surface area contributed by atoms with Gasteiger partial charge >= 0.3 is 5.97 Å². The maximum atomic E-state index is 13.3. The molecule has 1 unspecified atom stereocenters. The quantitative estimate of drug-likeness (QED) is 0.833. The zero-order chi connectivity index (χ0) is 14.5. The predicted octanol–water partition coefficient (Wildman–Crippen LogP) is 2.60. The summed E-state index contributed by atoms with van der Waals surface area (Å²) >= 11 is 1.55. The van der Waals surface area contributed by atoms with Gasteiger partial charge in [-0.1, -0.05) is 6.07 Å². The van der Waals surface area contributed by atoms with Crippen LogP contribution in [0.5, 0.6) is 5.75 Å². The molecule has 0 bridgehead atoms. The van der Waals surface area contributed by atoms with Gasteiger partial charge < -0.3 is 9.84 Å². The highest BCUT2D eigenvalue weighted by atomic mass is 32.1. The fraction of sp³-hybridized carbons (Fsp3) is 0.214. The van der Waals surface area contributed by atoms with Gasteiger partial charge in [-0.05, 0) is 29.1 Å². The first-order chi connectivity index (χ1) is 9.60. The van der Waals surface area contributed by atoms with Crippen LogP contribution < -0.4 is 5.32 Å². The molecule has 1 heterocycles. The second-order valence-electron chi connectivity index (χ2n) is 4.16. The molecule has 1 atom stereocenters. The lowest BCUT2D eigenvalue weighted by Crippen LogP contribution is -2.29. The van der Waals surface area contributed by atoms with Crippen LogP contribution in [-0.4, -0.2) is 18.2 Å². The first-order valence-corrected chi connectivity index (χ1v) is 6.81. The molecule has 0 spiro atoms. The summed E-state index contributed by atoms with van der Waals surface area (Å²) in [6.45, 7) is 0.453. The van der Waals surface area contributed by atoms with Gasteiger partial charge in [0.15, 0.2) is 0 Å². The first-order valence-electron chi connectivity index (χ1n) is 5.93. The van der Waals surface area contributed by atoms with E-state index in [9.17, 15) is 14.3 Å². The van der Waals surface area contributed by atoms with Gasteiger partial charge in [0.05, 0.1) is 7.11 Å². The molecule has 0 aliphatic carbocycles. The highest BCUT2D eigenvalue weighted by molar-refractivity contribution is 7.09. The fourth-order valence-corrected chi connectivity index (χ4v) is 2.49. The number of phenolic OH excluding ortho intramolecular Hbond substituents is 1. The van der Waals surface area contributed by atoms with Crippen molar-refractivity contribution in [3.8, 4) is 5.75 Å². The number of nitrogens with one attached hydrogen (secondary N) is 1. The van der Waals surface area contributed by atoms with Gasteiger partial charge in [-0.15, -0.1) is 11.3 Å². The summed E-state index contributed by atoms with van der Waals surface area (Å²) in [7, 11) is 1.27. The van der Waals surface area contributed by atoms with Crippen LogP contribution in [0.2, 0.25) is 0 Å². The number of phenols is 1. The molecule has 0 radical (unpaired) electrons. The average molecular weight is 295 g/mol. The normalized spacial score (nSPS) is 12.1. The molecule has 0 fully saturated rings. The molecule has 20 heavy (non-hydrogen) atoms. The second kappa shape index (κ2) is 6.49. The molecule has 1 aromatic heterocycles. The molecule has 0 aliphatic heterocycles. The topological polar surface area (TPSA) is 58.6 Å². The summed E-state index contributed by atoms with van der Waals surface area (Å²) in [5, 5.41) is 14.4.